The monoisotopic (exact) mass is 281 g/mol. The number of aromatic carboxylic acids is 1. The van der Waals surface area contributed by atoms with Crippen LogP contribution >= 0.6 is 0 Å². The van der Waals surface area contributed by atoms with Gasteiger partial charge in [0.2, 0.25) is 11.1 Å². The summed E-state index contributed by atoms with van der Waals surface area (Å²) in [4.78, 5) is 27.0. The van der Waals surface area contributed by atoms with E-state index in [1.54, 1.807) is 25.3 Å². The van der Waals surface area contributed by atoms with Crippen LogP contribution < -0.4 is 5.43 Å². The van der Waals surface area contributed by atoms with Crippen molar-refractivity contribution >= 4 is 16.9 Å². The quantitative estimate of drug-likeness (QED) is 0.774. The van der Waals surface area contributed by atoms with Gasteiger partial charge in [0.25, 0.3) is 0 Å². The Hall–Kier alpha value is -3.02. The number of pyridine rings is 1. The molecule has 0 saturated carbocycles. The zero-order valence-electron chi connectivity index (χ0n) is 11.1. The number of carboxylic acids is 1. The molecule has 2 heterocycles. The Morgan fingerprint density at radius 3 is 2.81 bits per heavy atom. The van der Waals surface area contributed by atoms with Crippen LogP contribution in [0.4, 0.5) is 0 Å². The Kier molecular flexibility index (Phi) is 2.98. The van der Waals surface area contributed by atoms with E-state index in [1.165, 1.54) is 10.7 Å². The van der Waals surface area contributed by atoms with E-state index < -0.39 is 17.1 Å². The summed E-state index contributed by atoms with van der Waals surface area (Å²) in [5, 5.41) is 13.9. The third-order valence-corrected chi connectivity index (χ3v) is 3.16. The molecular formula is C15H11N3O3. The summed E-state index contributed by atoms with van der Waals surface area (Å²) in [7, 11) is 0. The molecule has 0 saturated heterocycles. The highest BCUT2D eigenvalue weighted by Crippen LogP contribution is 2.20. The van der Waals surface area contributed by atoms with Gasteiger partial charge in [0.05, 0.1) is 11.2 Å². The Labute approximate surface area is 119 Å². The highest BCUT2D eigenvalue weighted by molar-refractivity contribution is 5.87. The normalized spacial score (nSPS) is 10.7. The minimum atomic E-state index is -1.34. The minimum Gasteiger partial charge on any atom is -0.476 e. The molecule has 0 spiro atoms. The van der Waals surface area contributed by atoms with Gasteiger partial charge in [0, 0.05) is 23.3 Å². The smallest absolute Gasteiger partial charge is 0.360 e. The topological polar surface area (TPSA) is 85.1 Å². The number of hydrogen-bond donors (Lipinski definition) is 1. The molecule has 0 bridgehead atoms. The highest BCUT2D eigenvalue weighted by Gasteiger charge is 2.14. The van der Waals surface area contributed by atoms with Crippen molar-refractivity contribution in [2.75, 3.05) is 0 Å². The van der Waals surface area contributed by atoms with Gasteiger partial charge in [-0.3, -0.25) is 9.78 Å². The van der Waals surface area contributed by atoms with Crippen LogP contribution in [0.2, 0.25) is 0 Å². The molecule has 6 nitrogen and oxygen atoms in total. The molecule has 0 unspecified atom stereocenters. The molecule has 0 radical (unpaired) electrons. The Bertz CT molecular complexity index is 910. The third kappa shape index (κ3) is 2.16. The first-order valence-corrected chi connectivity index (χ1v) is 6.26. The largest absolute Gasteiger partial charge is 0.476 e. The van der Waals surface area contributed by atoms with Gasteiger partial charge < -0.3 is 5.11 Å². The number of carboxylic acid groups (broad SMARTS) is 1. The van der Waals surface area contributed by atoms with Crippen LogP contribution in [0.25, 0.3) is 16.6 Å². The van der Waals surface area contributed by atoms with Gasteiger partial charge in [-0.1, -0.05) is 6.07 Å². The van der Waals surface area contributed by atoms with Crippen molar-refractivity contribution in [3.05, 3.63) is 64.2 Å². The summed E-state index contributed by atoms with van der Waals surface area (Å²) in [5.74, 6) is -1.34. The molecular weight excluding hydrogens is 270 g/mol. The zero-order valence-corrected chi connectivity index (χ0v) is 11.1. The van der Waals surface area contributed by atoms with Crippen molar-refractivity contribution in [3.63, 3.8) is 0 Å². The van der Waals surface area contributed by atoms with Crippen LogP contribution in [-0.2, 0) is 0 Å². The molecule has 1 N–H and O–H groups in total. The maximum absolute atomic E-state index is 11.7. The Morgan fingerprint density at radius 1 is 1.24 bits per heavy atom. The van der Waals surface area contributed by atoms with Gasteiger partial charge >= 0.3 is 5.97 Å². The molecule has 0 atom stereocenters. The minimum absolute atomic E-state index is 0.499. The van der Waals surface area contributed by atoms with Crippen molar-refractivity contribution in [1.29, 1.82) is 0 Å². The predicted molar refractivity (Wildman–Crippen MR) is 76.8 cm³/mol. The van der Waals surface area contributed by atoms with Crippen LogP contribution in [0.5, 0.6) is 0 Å². The third-order valence-electron chi connectivity index (χ3n) is 3.16. The van der Waals surface area contributed by atoms with E-state index in [-0.39, 0.29) is 0 Å². The van der Waals surface area contributed by atoms with Gasteiger partial charge in [0.1, 0.15) is 0 Å². The van der Waals surface area contributed by atoms with Crippen LogP contribution in [0.1, 0.15) is 16.2 Å². The van der Waals surface area contributed by atoms with Crippen molar-refractivity contribution in [2.45, 2.75) is 6.92 Å². The van der Waals surface area contributed by atoms with Crippen LogP contribution in [0, 0.1) is 6.92 Å². The van der Waals surface area contributed by atoms with Crippen LogP contribution in [-0.4, -0.2) is 25.8 Å². The van der Waals surface area contributed by atoms with Gasteiger partial charge in [-0.25, -0.2) is 9.48 Å². The number of fused-ring (bicyclic) bond motifs is 1. The van der Waals surface area contributed by atoms with E-state index in [4.69, 9.17) is 5.11 Å². The van der Waals surface area contributed by atoms with Gasteiger partial charge in [0.15, 0.2) is 0 Å². The Balaban J connectivity index is 2.35. The van der Waals surface area contributed by atoms with Crippen LogP contribution in [0.3, 0.4) is 0 Å². The van der Waals surface area contributed by atoms with Crippen molar-refractivity contribution in [2.24, 2.45) is 0 Å². The summed E-state index contributed by atoms with van der Waals surface area (Å²) < 4.78 is 1.45. The molecule has 21 heavy (non-hydrogen) atoms. The molecule has 2 aromatic heterocycles. The number of rotatable bonds is 2. The van der Waals surface area contributed by atoms with E-state index >= 15 is 0 Å². The van der Waals surface area contributed by atoms with Crippen molar-refractivity contribution in [3.8, 4) is 5.69 Å². The lowest BCUT2D eigenvalue weighted by atomic mass is 10.1. The molecule has 6 heteroatoms. The average Bonchev–Trinajstić information content (AvgIpc) is 2.46. The lowest BCUT2D eigenvalue weighted by Crippen LogP contribution is -2.22. The summed E-state index contributed by atoms with van der Waals surface area (Å²) in [5.41, 5.74) is 0.907. The van der Waals surface area contributed by atoms with E-state index in [1.807, 2.05) is 18.2 Å². The maximum atomic E-state index is 11.7. The fourth-order valence-corrected chi connectivity index (χ4v) is 2.21. The molecule has 0 amide bonds. The van der Waals surface area contributed by atoms with Crippen LogP contribution in [0.15, 0.2) is 47.4 Å². The first kappa shape index (κ1) is 13.0. The van der Waals surface area contributed by atoms with Gasteiger partial charge in [-0.05, 0) is 31.2 Å². The van der Waals surface area contributed by atoms with Gasteiger partial charge in [-0.2, -0.15) is 5.10 Å². The molecule has 0 aliphatic heterocycles. The predicted octanol–water partition coefficient (Wildman–Crippen LogP) is 1.79. The average molecular weight is 281 g/mol. The second-order valence-electron chi connectivity index (χ2n) is 4.56. The first-order chi connectivity index (χ1) is 10.1. The molecule has 104 valence electrons. The Morgan fingerprint density at radius 2 is 2.05 bits per heavy atom. The summed E-state index contributed by atoms with van der Waals surface area (Å²) >= 11 is 0. The standard InChI is InChI=1S/C15H11N3O3/c1-9-8-13(19)14(15(20)21)17-18(9)12-6-2-5-11-10(12)4-3-7-16-11/h2-8H,1H3,(H,20,21). The maximum Gasteiger partial charge on any atom is 0.360 e. The lowest BCUT2D eigenvalue weighted by molar-refractivity contribution is 0.0686. The highest BCUT2D eigenvalue weighted by atomic mass is 16.4. The fraction of sp³-hybridized carbons (Fsp3) is 0.0667. The summed E-state index contributed by atoms with van der Waals surface area (Å²) in [6.07, 6.45) is 1.68. The number of aryl methyl sites for hydroxylation is 1. The van der Waals surface area contributed by atoms with Gasteiger partial charge in [-0.15, -0.1) is 0 Å². The summed E-state index contributed by atoms with van der Waals surface area (Å²) in [6.45, 7) is 1.70. The fourth-order valence-electron chi connectivity index (χ4n) is 2.21. The molecule has 3 aromatic rings. The molecule has 0 fully saturated rings. The van der Waals surface area contributed by atoms with E-state index in [0.717, 1.165) is 10.9 Å². The summed E-state index contributed by atoms with van der Waals surface area (Å²) in [6, 6.07) is 10.4. The van der Waals surface area contributed by atoms with E-state index in [2.05, 4.69) is 10.1 Å². The molecule has 3 rings (SSSR count). The zero-order chi connectivity index (χ0) is 15.0. The van der Waals surface area contributed by atoms with Crippen molar-refractivity contribution < 1.29 is 9.90 Å². The molecule has 0 aliphatic carbocycles. The number of benzene rings is 1. The lowest BCUT2D eigenvalue weighted by Gasteiger charge is -2.12. The number of hydrogen-bond acceptors (Lipinski definition) is 4. The second-order valence-corrected chi connectivity index (χ2v) is 4.56. The van der Waals surface area contributed by atoms with E-state index in [9.17, 15) is 9.59 Å². The number of aromatic nitrogens is 3. The number of carbonyl (C=O) groups is 1. The van der Waals surface area contributed by atoms with Crippen molar-refractivity contribution in [1.82, 2.24) is 14.8 Å². The number of nitrogens with zero attached hydrogens (tertiary/aromatic N) is 3. The first-order valence-electron chi connectivity index (χ1n) is 6.26. The SMILES string of the molecule is Cc1cc(=O)c(C(=O)O)nn1-c1cccc2ncccc12. The molecule has 0 aliphatic rings. The molecule has 1 aromatic carbocycles. The second kappa shape index (κ2) is 4.82. The van der Waals surface area contributed by atoms with E-state index in [0.29, 0.717) is 11.4 Å².